The minimum atomic E-state index is -0.398. The third-order valence-corrected chi connectivity index (χ3v) is 1.31. The van der Waals surface area contributed by atoms with E-state index < -0.39 is 5.91 Å². The molecule has 0 aliphatic rings. The second-order valence-corrected chi connectivity index (χ2v) is 2.80. The number of nitrogens with zero attached hydrogens (tertiary/aromatic N) is 1. The molecule has 0 rings (SSSR count). The molecule has 72 valence electrons. The summed E-state index contributed by atoms with van der Waals surface area (Å²) in [7, 11) is 0. The van der Waals surface area contributed by atoms with E-state index in [1.807, 2.05) is 0 Å². The molecule has 0 atom stereocenters. The minimum absolute atomic E-state index is 0.0373. The van der Waals surface area contributed by atoms with Gasteiger partial charge in [-0.1, -0.05) is 6.58 Å². The highest BCUT2D eigenvalue weighted by atomic mass is 16.2. The maximum absolute atomic E-state index is 11.1. The molecule has 1 amide bonds. The molecule has 0 aliphatic heterocycles. The van der Waals surface area contributed by atoms with Gasteiger partial charge in [-0.25, -0.2) is 0 Å². The molecule has 0 aromatic carbocycles. The van der Waals surface area contributed by atoms with Gasteiger partial charge in [-0.05, 0) is 19.9 Å². The quantitative estimate of drug-likeness (QED) is 0.571. The molecule has 13 heavy (non-hydrogen) atoms. The van der Waals surface area contributed by atoms with Gasteiger partial charge in [-0.15, -0.1) is 0 Å². The maximum Gasteiger partial charge on any atom is 0.246 e. The summed E-state index contributed by atoms with van der Waals surface area (Å²) >= 11 is 0. The molecule has 0 heterocycles. The smallest absolute Gasteiger partial charge is 0.246 e. The van der Waals surface area contributed by atoms with Gasteiger partial charge in [0.2, 0.25) is 5.91 Å². The Kier molecular flexibility index (Phi) is 4.66. The van der Waals surface area contributed by atoms with Gasteiger partial charge in [-0.3, -0.25) is 14.4 Å². The molecular weight excluding hydrogens is 170 g/mol. The van der Waals surface area contributed by atoms with Crippen LogP contribution in [0.3, 0.4) is 0 Å². The monoisotopic (exact) mass is 183 g/mol. The molecule has 4 nitrogen and oxygen atoms in total. The van der Waals surface area contributed by atoms with E-state index in [2.05, 4.69) is 6.58 Å². The van der Waals surface area contributed by atoms with Crippen LogP contribution in [0.2, 0.25) is 0 Å². The normalized spacial score (nSPS) is 9.08. The highest BCUT2D eigenvalue weighted by molar-refractivity contribution is 5.93. The van der Waals surface area contributed by atoms with Gasteiger partial charge in [0.25, 0.3) is 0 Å². The van der Waals surface area contributed by atoms with Crippen LogP contribution in [0, 0.1) is 0 Å². The van der Waals surface area contributed by atoms with Crippen molar-refractivity contribution in [3.05, 3.63) is 12.7 Å². The summed E-state index contributed by atoms with van der Waals surface area (Å²) in [6.07, 6.45) is 1.09. The molecule has 0 saturated carbocycles. The average molecular weight is 183 g/mol. The number of Topliss-reactive ketones (excluding diaryl/α,β-unsaturated/α-hetero) is 2. The predicted octanol–water partition coefficient (Wildman–Crippen LogP) is 0.179. The van der Waals surface area contributed by atoms with Gasteiger partial charge in [0.05, 0.1) is 13.1 Å². The van der Waals surface area contributed by atoms with Crippen LogP contribution < -0.4 is 0 Å². The highest BCUT2D eigenvalue weighted by Gasteiger charge is 2.13. The van der Waals surface area contributed by atoms with Gasteiger partial charge in [0.1, 0.15) is 11.6 Å². The zero-order valence-corrected chi connectivity index (χ0v) is 7.87. The van der Waals surface area contributed by atoms with Gasteiger partial charge in [0.15, 0.2) is 0 Å². The van der Waals surface area contributed by atoms with Crippen LogP contribution >= 0.6 is 0 Å². The Morgan fingerprint density at radius 3 is 1.77 bits per heavy atom. The van der Waals surface area contributed by atoms with Crippen molar-refractivity contribution < 1.29 is 14.4 Å². The van der Waals surface area contributed by atoms with Crippen molar-refractivity contribution in [2.75, 3.05) is 13.1 Å². The van der Waals surface area contributed by atoms with Crippen molar-refractivity contribution in [3.63, 3.8) is 0 Å². The Bertz CT molecular complexity index is 229. The minimum Gasteiger partial charge on any atom is -0.325 e. The van der Waals surface area contributed by atoms with E-state index in [-0.39, 0.29) is 24.7 Å². The first kappa shape index (κ1) is 11.6. The number of carbonyl (C=O) groups excluding carboxylic acids is 3. The molecule has 4 heteroatoms. The summed E-state index contributed by atoms with van der Waals surface area (Å²) in [5.74, 6) is -0.710. The first-order chi connectivity index (χ1) is 5.97. The van der Waals surface area contributed by atoms with Crippen molar-refractivity contribution in [1.29, 1.82) is 0 Å². The number of carbonyl (C=O) groups is 3. The van der Waals surface area contributed by atoms with Crippen LogP contribution in [0.4, 0.5) is 0 Å². The second kappa shape index (κ2) is 5.24. The van der Waals surface area contributed by atoms with Crippen molar-refractivity contribution in [3.8, 4) is 0 Å². The Hall–Kier alpha value is -1.45. The lowest BCUT2D eigenvalue weighted by Crippen LogP contribution is -2.37. The summed E-state index contributed by atoms with van der Waals surface area (Å²) in [6, 6.07) is 0. The van der Waals surface area contributed by atoms with Crippen LogP contribution in [-0.4, -0.2) is 35.5 Å². The zero-order chi connectivity index (χ0) is 10.4. The third kappa shape index (κ3) is 4.90. The molecular formula is C9H13NO3. The summed E-state index contributed by atoms with van der Waals surface area (Å²) in [4.78, 5) is 33.7. The number of rotatable bonds is 5. The van der Waals surface area contributed by atoms with Crippen LogP contribution in [-0.2, 0) is 14.4 Å². The van der Waals surface area contributed by atoms with Crippen molar-refractivity contribution in [1.82, 2.24) is 4.90 Å². The van der Waals surface area contributed by atoms with E-state index in [1.165, 1.54) is 13.8 Å². The molecule has 0 saturated heterocycles. The van der Waals surface area contributed by atoms with E-state index in [1.54, 1.807) is 0 Å². The second-order valence-electron chi connectivity index (χ2n) is 2.80. The molecule has 0 N–H and O–H groups in total. The standard InChI is InChI=1S/C9H13NO3/c1-4-9(13)10(5-7(2)11)6-8(3)12/h4H,1,5-6H2,2-3H3. The number of hydrogen-bond donors (Lipinski definition) is 0. The predicted molar refractivity (Wildman–Crippen MR) is 48.1 cm³/mol. The van der Waals surface area contributed by atoms with Gasteiger partial charge < -0.3 is 4.90 Å². The Labute approximate surface area is 77.2 Å². The van der Waals surface area contributed by atoms with Gasteiger partial charge in [-0.2, -0.15) is 0 Å². The SMILES string of the molecule is C=CC(=O)N(CC(C)=O)CC(C)=O. The van der Waals surface area contributed by atoms with E-state index in [0.717, 1.165) is 11.0 Å². The lowest BCUT2D eigenvalue weighted by Gasteiger charge is -2.17. The first-order valence-electron chi connectivity index (χ1n) is 3.87. The molecule has 0 aliphatic carbocycles. The lowest BCUT2D eigenvalue weighted by atomic mass is 10.3. The fourth-order valence-corrected chi connectivity index (χ4v) is 0.878. The summed E-state index contributed by atoms with van der Waals surface area (Å²) in [6.45, 7) is 5.94. The van der Waals surface area contributed by atoms with Gasteiger partial charge in [0, 0.05) is 0 Å². The van der Waals surface area contributed by atoms with Crippen molar-refractivity contribution in [2.45, 2.75) is 13.8 Å². The van der Waals surface area contributed by atoms with Crippen LogP contribution in [0.25, 0.3) is 0 Å². The summed E-state index contributed by atoms with van der Waals surface area (Å²) < 4.78 is 0. The molecule has 0 aromatic rings. The molecule has 0 fully saturated rings. The van der Waals surface area contributed by atoms with Crippen molar-refractivity contribution >= 4 is 17.5 Å². The molecule has 0 unspecified atom stereocenters. The topological polar surface area (TPSA) is 54.5 Å². The Morgan fingerprint density at radius 2 is 1.54 bits per heavy atom. The molecule has 0 bridgehead atoms. The molecule has 0 radical (unpaired) electrons. The summed E-state index contributed by atoms with van der Waals surface area (Å²) in [5, 5.41) is 0. The van der Waals surface area contributed by atoms with E-state index in [0.29, 0.717) is 0 Å². The third-order valence-electron chi connectivity index (χ3n) is 1.31. The Morgan fingerprint density at radius 1 is 1.15 bits per heavy atom. The lowest BCUT2D eigenvalue weighted by molar-refractivity contribution is -0.134. The average Bonchev–Trinajstić information content (AvgIpc) is 2.00. The van der Waals surface area contributed by atoms with Crippen LogP contribution in [0.1, 0.15) is 13.8 Å². The number of ketones is 2. The summed E-state index contributed by atoms with van der Waals surface area (Å²) in [5.41, 5.74) is 0. The number of amides is 1. The van der Waals surface area contributed by atoms with Crippen LogP contribution in [0.5, 0.6) is 0 Å². The van der Waals surface area contributed by atoms with Crippen LogP contribution in [0.15, 0.2) is 12.7 Å². The fraction of sp³-hybridized carbons (Fsp3) is 0.444. The van der Waals surface area contributed by atoms with Gasteiger partial charge >= 0.3 is 0 Å². The zero-order valence-electron chi connectivity index (χ0n) is 7.87. The first-order valence-corrected chi connectivity index (χ1v) is 3.87. The van der Waals surface area contributed by atoms with Crippen molar-refractivity contribution in [2.24, 2.45) is 0 Å². The maximum atomic E-state index is 11.1. The Balaban J connectivity index is 4.35. The molecule has 0 spiro atoms. The highest BCUT2D eigenvalue weighted by Crippen LogP contribution is 1.92. The van der Waals surface area contributed by atoms with E-state index in [4.69, 9.17) is 0 Å². The fourth-order valence-electron chi connectivity index (χ4n) is 0.878. The largest absolute Gasteiger partial charge is 0.325 e. The van der Waals surface area contributed by atoms with E-state index >= 15 is 0 Å². The van der Waals surface area contributed by atoms with E-state index in [9.17, 15) is 14.4 Å². The molecule has 0 aromatic heterocycles. The number of hydrogen-bond acceptors (Lipinski definition) is 3.